The number of nitrogens with one attached hydrogen (secondary N) is 1. The molecule has 1 unspecified atom stereocenters. The first kappa shape index (κ1) is 13.0. The molecule has 3 rings (SSSR count). The van der Waals surface area contributed by atoms with E-state index in [1.807, 2.05) is 30.3 Å². The number of hydrogen-bond donors (Lipinski definition) is 1. The fraction of sp³-hybridized carbons (Fsp3) is 0.200. The molecular formula is C15H13Br2NO. The minimum absolute atomic E-state index is 0.398. The van der Waals surface area contributed by atoms with Crippen molar-refractivity contribution in [3.63, 3.8) is 0 Å². The van der Waals surface area contributed by atoms with Gasteiger partial charge in [0, 0.05) is 27.0 Å². The maximum absolute atomic E-state index is 5.70. The minimum atomic E-state index is 0.398. The summed E-state index contributed by atoms with van der Waals surface area (Å²) < 4.78 is 7.82. The van der Waals surface area contributed by atoms with Gasteiger partial charge >= 0.3 is 0 Å². The van der Waals surface area contributed by atoms with E-state index in [0.717, 1.165) is 33.5 Å². The average Bonchev–Trinajstić information content (AvgIpc) is 2.82. The Morgan fingerprint density at radius 3 is 2.58 bits per heavy atom. The van der Waals surface area contributed by atoms with Gasteiger partial charge in [-0.2, -0.15) is 0 Å². The highest BCUT2D eigenvalue weighted by Crippen LogP contribution is 2.35. The van der Waals surface area contributed by atoms with E-state index in [9.17, 15) is 0 Å². The number of ether oxygens (including phenoxy) is 1. The predicted molar refractivity (Wildman–Crippen MR) is 85.0 cm³/mol. The molecule has 2 aromatic carbocycles. The standard InChI is InChI=1S/C15H13Br2NO/c16-12-5-3-6-13(17)15(12)18-8-10-9-19-14-7-2-1-4-11(10)14/h1-7,10,18H,8-9H2. The van der Waals surface area contributed by atoms with E-state index in [4.69, 9.17) is 4.74 Å². The van der Waals surface area contributed by atoms with Crippen molar-refractivity contribution in [2.45, 2.75) is 5.92 Å². The second-order valence-electron chi connectivity index (χ2n) is 4.52. The minimum Gasteiger partial charge on any atom is -0.493 e. The lowest BCUT2D eigenvalue weighted by Gasteiger charge is -2.14. The zero-order valence-electron chi connectivity index (χ0n) is 10.2. The molecule has 0 radical (unpaired) electrons. The summed E-state index contributed by atoms with van der Waals surface area (Å²) in [6.07, 6.45) is 0. The van der Waals surface area contributed by atoms with Gasteiger partial charge in [0.05, 0.1) is 12.3 Å². The first-order valence-electron chi connectivity index (χ1n) is 6.15. The van der Waals surface area contributed by atoms with Crippen LogP contribution in [-0.4, -0.2) is 13.2 Å². The van der Waals surface area contributed by atoms with Crippen LogP contribution >= 0.6 is 31.9 Å². The molecule has 0 saturated carbocycles. The Bertz CT molecular complexity index is 580. The molecule has 2 nitrogen and oxygen atoms in total. The third-order valence-electron chi connectivity index (χ3n) is 3.29. The maximum Gasteiger partial charge on any atom is 0.122 e. The second-order valence-corrected chi connectivity index (χ2v) is 6.23. The lowest BCUT2D eigenvalue weighted by atomic mass is 10.0. The van der Waals surface area contributed by atoms with Crippen LogP contribution in [0.2, 0.25) is 0 Å². The highest BCUT2D eigenvalue weighted by Gasteiger charge is 2.23. The summed E-state index contributed by atoms with van der Waals surface area (Å²) in [5, 5.41) is 3.49. The van der Waals surface area contributed by atoms with Gasteiger partial charge in [-0.05, 0) is 50.1 Å². The van der Waals surface area contributed by atoms with E-state index in [-0.39, 0.29) is 0 Å². The zero-order chi connectivity index (χ0) is 13.2. The summed E-state index contributed by atoms with van der Waals surface area (Å²) in [7, 11) is 0. The fourth-order valence-electron chi connectivity index (χ4n) is 2.29. The van der Waals surface area contributed by atoms with Gasteiger partial charge in [-0.3, -0.25) is 0 Å². The highest BCUT2D eigenvalue weighted by atomic mass is 79.9. The second kappa shape index (κ2) is 5.55. The van der Waals surface area contributed by atoms with Crippen molar-refractivity contribution >= 4 is 37.5 Å². The third kappa shape index (κ3) is 2.65. The quantitative estimate of drug-likeness (QED) is 0.823. The molecule has 19 heavy (non-hydrogen) atoms. The molecule has 1 aliphatic heterocycles. The molecule has 98 valence electrons. The number of hydrogen-bond acceptors (Lipinski definition) is 2. The molecule has 0 aromatic heterocycles. The summed E-state index contributed by atoms with van der Waals surface area (Å²) in [5.41, 5.74) is 2.38. The van der Waals surface area contributed by atoms with Crippen LogP contribution in [0.3, 0.4) is 0 Å². The topological polar surface area (TPSA) is 21.3 Å². The predicted octanol–water partition coefficient (Wildman–Crippen LogP) is 4.80. The third-order valence-corrected chi connectivity index (χ3v) is 4.61. The van der Waals surface area contributed by atoms with Crippen LogP contribution in [0.5, 0.6) is 5.75 Å². The lowest BCUT2D eigenvalue weighted by Crippen LogP contribution is -2.14. The molecule has 0 amide bonds. The molecule has 1 atom stereocenters. The fourth-order valence-corrected chi connectivity index (χ4v) is 3.57. The Hall–Kier alpha value is -1.00. The van der Waals surface area contributed by atoms with Crippen LogP contribution < -0.4 is 10.1 Å². The smallest absolute Gasteiger partial charge is 0.122 e. The van der Waals surface area contributed by atoms with E-state index < -0.39 is 0 Å². The molecule has 0 aliphatic carbocycles. The molecule has 1 aliphatic rings. The Morgan fingerprint density at radius 1 is 1.05 bits per heavy atom. The highest BCUT2D eigenvalue weighted by molar-refractivity contribution is 9.11. The van der Waals surface area contributed by atoms with Gasteiger partial charge < -0.3 is 10.1 Å². The van der Waals surface area contributed by atoms with Gasteiger partial charge in [0.2, 0.25) is 0 Å². The average molecular weight is 383 g/mol. The van der Waals surface area contributed by atoms with Crippen LogP contribution in [0.4, 0.5) is 5.69 Å². The molecular weight excluding hydrogens is 370 g/mol. The van der Waals surface area contributed by atoms with Crippen molar-refractivity contribution in [3.8, 4) is 5.75 Å². The van der Waals surface area contributed by atoms with Crippen molar-refractivity contribution in [1.82, 2.24) is 0 Å². The molecule has 4 heteroatoms. The van der Waals surface area contributed by atoms with Gasteiger partial charge in [-0.25, -0.2) is 0 Å². The van der Waals surface area contributed by atoms with Crippen LogP contribution in [-0.2, 0) is 0 Å². The Balaban J connectivity index is 1.75. The zero-order valence-corrected chi connectivity index (χ0v) is 13.4. The van der Waals surface area contributed by atoms with Crippen molar-refractivity contribution in [1.29, 1.82) is 0 Å². The first-order valence-corrected chi connectivity index (χ1v) is 7.74. The number of para-hydroxylation sites is 2. The molecule has 0 fully saturated rings. The van der Waals surface area contributed by atoms with Crippen LogP contribution in [0, 0.1) is 0 Å². The summed E-state index contributed by atoms with van der Waals surface area (Å²) in [6, 6.07) is 14.3. The number of halogens is 2. The lowest BCUT2D eigenvalue weighted by molar-refractivity contribution is 0.334. The first-order chi connectivity index (χ1) is 9.25. The molecule has 1 heterocycles. The van der Waals surface area contributed by atoms with Gasteiger partial charge in [0.1, 0.15) is 5.75 Å². The molecule has 0 saturated heterocycles. The molecule has 0 spiro atoms. The van der Waals surface area contributed by atoms with Crippen LogP contribution in [0.25, 0.3) is 0 Å². The SMILES string of the molecule is Brc1cccc(Br)c1NCC1COc2ccccc21. The van der Waals surface area contributed by atoms with Crippen LogP contribution in [0.1, 0.15) is 11.5 Å². The van der Waals surface area contributed by atoms with Gasteiger partial charge in [0.25, 0.3) is 0 Å². The monoisotopic (exact) mass is 381 g/mol. The number of benzene rings is 2. The largest absolute Gasteiger partial charge is 0.493 e. The molecule has 2 aromatic rings. The number of anilines is 1. The van der Waals surface area contributed by atoms with Gasteiger partial charge in [0.15, 0.2) is 0 Å². The number of fused-ring (bicyclic) bond motifs is 1. The summed E-state index contributed by atoms with van der Waals surface area (Å²) in [4.78, 5) is 0. The van der Waals surface area contributed by atoms with E-state index >= 15 is 0 Å². The number of rotatable bonds is 3. The van der Waals surface area contributed by atoms with Crippen molar-refractivity contribution in [2.75, 3.05) is 18.5 Å². The van der Waals surface area contributed by atoms with E-state index in [2.05, 4.69) is 49.3 Å². The van der Waals surface area contributed by atoms with Gasteiger partial charge in [-0.1, -0.05) is 24.3 Å². The summed E-state index contributed by atoms with van der Waals surface area (Å²) in [5.74, 6) is 1.41. The van der Waals surface area contributed by atoms with Crippen molar-refractivity contribution in [2.24, 2.45) is 0 Å². The van der Waals surface area contributed by atoms with E-state index in [1.54, 1.807) is 0 Å². The Morgan fingerprint density at radius 2 is 1.79 bits per heavy atom. The Labute approximate surface area is 129 Å². The van der Waals surface area contributed by atoms with Crippen LogP contribution in [0.15, 0.2) is 51.4 Å². The summed E-state index contributed by atoms with van der Waals surface area (Å²) >= 11 is 7.13. The van der Waals surface area contributed by atoms with E-state index in [1.165, 1.54) is 5.56 Å². The van der Waals surface area contributed by atoms with Crippen molar-refractivity contribution < 1.29 is 4.74 Å². The van der Waals surface area contributed by atoms with E-state index in [0.29, 0.717) is 5.92 Å². The van der Waals surface area contributed by atoms with Crippen molar-refractivity contribution in [3.05, 3.63) is 57.0 Å². The normalized spacial score (nSPS) is 16.8. The molecule has 1 N–H and O–H groups in total. The molecule has 0 bridgehead atoms. The van der Waals surface area contributed by atoms with Gasteiger partial charge in [-0.15, -0.1) is 0 Å². The Kier molecular flexibility index (Phi) is 3.80. The summed E-state index contributed by atoms with van der Waals surface area (Å²) in [6.45, 7) is 1.60. The maximum atomic E-state index is 5.70.